The Kier molecular flexibility index (Phi) is 4.17. The fourth-order valence-electron chi connectivity index (χ4n) is 3.03. The lowest BCUT2D eigenvalue weighted by atomic mass is 10.1. The van der Waals surface area contributed by atoms with Gasteiger partial charge < -0.3 is 9.64 Å². The molecule has 1 aromatic carbocycles. The van der Waals surface area contributed by atoms with Gasteiger partial charge in [-0.05, 0) is 32.9 Å². The first-order valence-corrected chi connectivity index (χ1v) is 8.01. The number of rotatable bonds is 2. The molecule has 6 heteroatoms. The second kappa shape index (κ2) is 5.98. The average Bonchev–Trinajstić information content (AvgIpc) is 2.48. The SMILES string of the molecule is CC1CN(c2cnn(-c3ccccc3)c(=O)c2Cl)CC(C)(C)O1. The molecule has 0 bridgehead atoms. The molecule has 1 saturated heterocycles. The van der Waals surface area contributed by atoms with Gasteiger partial charge in [0.15, 0.2) is 0 Å². The van der Waals surface area contributed by atoms with Crippen molar-refractivity contribution < 1.29 is 4.74 Å². The highest BCUT2D eigenvalue weighted by Gasteiger charge is 2.32. The molecule has 3 rings (SSSR count). The van der Waals surface area contributed by atoms with Crippen molar-refractivity contribution in [3.05, 3.63) is 51.9 Å². The van der Waals surface area contributed by atoms with E-state index in [1.165, 1.54) is 4.68 Å². The number of anilines is 1. The molecule has 0 saturated carbocycles. The summed E-state index contributed by atoms with van der Waals surface area (Å²) in [5, 5.41) is 4.48. The summed E-state index contributed by atoms with van der Waals surface area (Å²) in [6.07, 6.45) is 1.72. The van der Waals surface area contributed by atoms with Gasteiger partial charge in [-0.15, -0.1) is 0 Å². The summed E-state index contributed by atoms with van der Waals surface area (Å²) in [6.45, 7) is 7.41. The summed E-state index contributed by atoms with van der Waals surface area (Å²) < 4.78 is 7.22. The summed E-state index contributed by atoms with van der Waals surface area (Å²) >= 11 is 6.37. The van der Waals surface area contributed by atoms with Crippen molar-refractivity contribution in [3.63, 3.8) is 0 Å². The number of nitrogens with zero attached hydrogens (tertiary/aromatic N) is 3. The number of hydrogen-bond acceptors (Lipinski definition) is 4. The molecule has 0 N–H and O–H groups in total. The zero-order chi connectivity index (χ0) is 16.6. The molecule has 0 spiro atoms. The minimum Gasteiger partial charge on any atom is -0.369 e. The van der Waals surface area contributed by atoms with Crippen molar-refractivity contribution in [2.24, 2.45) is 0 Å². The normalized spacial score (nSPS) is 20.5. The van der Waals surface area contributed by atoms with Crippen LogP contribution >= 0.6 is 11.6 Å². The zero-order valence-electron chi connectivity index (χ0n) is 13.5. The van der Waals surface area contributed by atoms with E-state index in [4.69, 9.17) is 16.3 Å². The quantitative estimate of drug-likeness (QED) is 0.848. The van der Waals surface area contributed by atoms with Crippen molar-refractivity contribution in [2.75, 3.05) is 18.0 Å². The highest BCUT2D eigenvalue weighted by molar-refractivity contribution is 6.33. The van der Waals surface area contributed by atoms with Crippen LogP contribution in [0.25, 0.3) is 5.69 Å². The summed E-state index contributed by atoms with van der Waals surface area (Å²) in [5.41, 5.74) is 0.746. The number of morpholine rings is 1. The molecule has 5 nitrogen and oxygen atoms in total. The Morgan fingerprint density at radius 2 is 2.00 bits per heavy atom. The predicted molar refractivity (Wildman–Crippen MR) is 91.7 cm³/mol. The third kappa shape index (κ3) is 3.26. The van der Waals surface area contributed by atoms with Crippen molar-refractivity contribution in [2.45, 2.75) is 32.5 Å². The van der Waals surface area contributed by atoms with E-state index in [0.29, 0.717) is 24.5 Å². The molecular formula is C17H20ClN3O2. The molecule has 1 aliphatic rings. The van der Waals surface area contributed by atoms with E-state index >= 15 is 0 Å². The number of para-hydroxylation sites is 1. The van der Waals surface area contributed by atoms with E-state index in [9.17, 15) is 4.79 Å². The van der Waals surface area contributed by atoms with Crippen LogP contribution < -0.4 is 10.5 Å². The average molecular weight is 334 g/mol. The molecule has 1 unspecified atom stereocenters. The van der Waals surface area contributed by atoms with Gasteiger partial charge in [0.25, 0.3) is 5.56 Å². The lowest BCUT2D eigenvalue weighted by Gasteiger charge is -2.42. The maximum atomic E-state index is 12.6. The second-order valence-corrected chi connectivity index (χ2v) is 6.84. The maximum absolute atomic E-state index is 12.6. The smallest absolute Gasteiger partial charge is 0.292 e. The van der Waals surface area contributed by atoms with E-state index in [-0.39, 0.29) is 22.3 Å². The van der Waals surface area contributed by atoms with E-state index in [1.54, 1.807) is 6.20 Å². The van der Waals surface area contributed by atoms with Crippen molar-refractivity contribution in [1.29, 1.82) is 0 Å². The molecule has 0 radical (unpaired) electrons. The third-order valence-electron chi connectivity index (χ3n) is 3.81. The van der Waals surface area contributed by atoms with E-state index in [0.717, 1.165) is 0 Å². The van der Waals surface area contributed by atoms with Crippen LogP contribution in [-0.2, 0) is 4.74 Å². The van der Waals surface area contributed by atoms with Crippen LogP contribution in [0.4, 0.5) is 5.69 Å². The molecule has 2 heterocycles. The third-order valence-corrected chi connectivity index (χ3v) is 4.17. The fourth-order valence-corrected chi connectivity index (χ4v) is 3.28. The van der Waals surface area contributed by atoms with Crippen LogP contribution in [0, 0.1) is 0 Å². The van der Waals surface area contributed by atoms with Gasteiger partial charge in [-0.1, -0.05) is 29.8 Å². The maximum Gasteiger partial charge on any atom is 0.292 e. The molecule has 1 aromatic heterocycles. The Morgan fingerprint density at radius 1 is 1.30 bits per heavy atom. The predicted octanol–water partition coefficient (Wildman–Crippen LogP) is 2.89. The lowest BCUT2D eigenvalue weighted by molar-refractivity contribution is -0.0749. The van der Waals surface area contributed by atoms with E-state index in [2.05, 4.69) is 10.00 Å². The Morgan fingerprint density at radius 3 is 2.65 bits per heavy atom. The molecule has 0 amide bonds. The first-order valence-electron chi connectivity index (χ1n) is 7.63. The Hall–Kier alpha value is -1.85. The minimum absolute atomic E-state index is 0.0615. The van der Waals surface area contributed by atoms with Gasteiger partial charge in [0, 0.05) is 13.1 Å². The molecule has 1 fully saturated rings. The summed E-state index contributed by atoms with van der Waals surface area (Å²) in [6, 6.07) is 9.26. The van der Waals surface area contributed by atoms with Gasteiger partial charge in [0.1, 0.15) is 5.02 Å². The van der Waals surface area contributed by atoms with Crippen LogP contribution in [0.5, 0.6) is 0 Å². The van der Waals surface area contributed by atoms with Gasteiger partial charge in [-0.2, -0.15) is 9.78 Å². The van der Waals surface area contributed by atoms with Gasteiger partial charge in [0.2, 0.25) is 0 Å². The minimum atomic E-state index is -0.313. The molecule has 0 aliphatic carbocycles. The zero-order valence-corrected chi connectivity index (χ0v) is 14.2. The van der Waals surface area contributed by atoms with Gasteiger partial charge in [-0.3, -0.25) is 4.79 Å². The van der Waals surface area contributed by atoms with Crippen molar-refractivity contribution in [1.82, 2.24) is 9.78 Å². The Balaban J connectivity index is 2.00. The molecule has 1 aliphatic heterocycles. The summed E-state index contributed by atoms with van der Waals surface area (Å²) in [5.74, 6) is 0. The monoisotopic (exact) mass is 333 g/mol. The fraction of sp³-hybridized carbons (Fsp3) is 0.412. The van der Waals surface area contributed by atoms with Crippen LogP contribution in [-0.4, -0.2) is 34.6 Å². The number of aromatic nitrogens is 2. The van der Waals surface area contributed by atoms with Crippen LogP contribution in [0.15, 0.2) is 41.3 Å². The molecular weight excluding hydrogens is 314 g/mol. The van der Waals surface area contributed by atoms with Gasteiger partial charge in [-0.25, -0.2) is 0 Å². The van der Waals surface area contributed by atoms with Crippen molar-refractivity contribution >= 4 is 17.3 Å². The van der Waals surface area contributed by atoms with Crippen LogP contribution in [0.2, 0.25) is 5.02 Å². The van der Waals surface area contributed by atoms with E-state index in [1.807, 2.05) is 51.1 Å². The number of hydrogen-bond donors (Lipinski definition) is 0. The number of halogens is 1. The molecule has 1 atom stereocenters. The lowest BCUT2D eigenvalue weighted by Crippen LogP contribution is -2.52. The highest BCUT2D eigenvalue weighted by Crippen LogP contribution is 2.29. The van der Waals surface area contributed by atoms with Gasteiger partial charge in [0.05, 0.1) is 29.3 Å². The first kappa shape index (κ1) is 16.0. The second-order valence-electron chi connectivity index (χ2n) is 6.46. The van der Waals surface area contributed by atoms with E-state index < -0.39 is 0 Å². The van der Waals surface area contributed by atoms with Crippen molar-refractivity contribution in [3.8, 4) is 5.69 Å². The standard InChI is InChI=1S/C17H20ClN3O2/c1-12-10-20(11-17(2,3)23-12)14-9-19-21(16(22)15(14)18)13-7-5-4-6-8-13/h4-9,12H,10-11H2,1-3H3. The Labute approximate surface area is 140 Å². The molecule has 2 aromatic rings. The Bertz CT molecular complexity index is 758. The molecule has 122 valence electrons. The highest BCUT2D eigenvalue weighted by atomic mass is 35.5. The summed E-state index contributed by atoms with van der Waals surface area (Å²) in [7, 11) is 0. The van der Waals surface area contributed by atoms with Gasteiger partial charge >= 0.3 is 0 Å². The number of benzene rings is 1. The topological polar surface area (TPSA) is 47.4 Å². The summed E-state index contributed by atoms with van der Waals surface area (Å²) in [4.78, 5) is 14.7. The van der Waals surface area contributed by atoms with Crippen LogP contribution in [0.3, 0.4) is 0 Å². The largest absolute Gasteiger partial charge is 0.369 e. The molecule has 23 heavy (non-hydrogen) atoms. The number of ether oxygens (including phenoxy) is 1. The van der Waals surface area contributed by atoms with Crippen LogP contribution in [0.1, 0.15) is 20.8 Å². The first-order chi connectivity index (χ1) is 10.9.